The zero-order chi connectivity index (χ0) is 16.7. The summed E-state index contributed by atoms with van der Waals surface area (Å²) in [4.78, 5) is 10.6. The number of rotatable bonds is 5. The predicted molar refractivity (Wildman–Crippen MR) is 96.6 cm³/mol. The highest BCUT2D eigenvalue weighted by molar-refractivity contribution is 9.10. The van der Waals surface area contributed by atoms with Crippen LogP contribution in [0.2, 0.25) is 0 Å². The van der Waals surface area contributed by atoms with Gasteiger partial charge in [-0.2, -0.15) is 0 Å². The van der Waals surface area contributed by atoms with Crippen molar-refractivity contribution in [2.24, 2.45) is 4.99 Å². The molecule has 0 aliphatic carbocycles. The molecule has 2 rings (SSSR count). The first kappa shape index (κ1) is 17.3. The summed E-state index contributed by atoms with van der Waals surface area (Å²) in [5, 5.41) is 3.34. The molecule has 0 saturated heterocycles. The number of guanidine groups is 1. The minimum atomic E-state index is 0.616. The maximum absolute atomic E-state index is 5.06. The van der Waals surface area contributed by atoms with Crippen molar-refractivity contribution in [3.8, 4) is 5.88 Å². The average molecular weight is 377 g/mol. The van der Waals surface area contributed by atoms with Crippen LogP contribution in [-0.2, 0) is 13.1 Å². The molecule has 0 radical (unpaired) electrons. The van der Waals surface area contributed by atoms with Crippen LogP contribution in [0.4, 0.5) is 0 Å². The highest BCUT2D eigenvalue weighted by Gasteiger charge is 2.07. The Morgan fingerprint density at radius 2 is 1.91 bits per heavy atom. The van der Waals surface area contributed by atoms with E-state index in [1.54, 1.807) is 20.4 Å². The molecule has 23 heavy (non-hydrogen) atoms. The number of nitrogens with one attached hydrogen (secondary N) is 1. The Morgan fingerprint density at radius 3 is 2.48 bits per heavy atom. The van der Waals surface area contributed by atoms with E-state index < -0.39 is 0 Å². The van der Waals surface area contributed by atoms with E-state index in [-0.39, 0.29) is 0 Å². The largest absolute Gasteiger partial charge is 0.481 e. The smallest absolute Gasteiger partial charge is 0.212 e. The van der Waals surface area contributed by atoms with E-state index >= 15 is 0 Å². The summed E-state index contributed by atoms with van der Waals surface area (Å²) in [6, 6.07) is 12.1. The summed E-state index contributed by atoms with van der Waals surface area (Å²) in [5.41, 5.74) is 2.30. The molecule has 5 nitrogen and oxygen atoms in total. The van der Waals surface area contributed by atoms with Gasteiger partial charge in [0.15, 0.2) is 5.96 Å². The third-order valence-electron chi connectivity index (χ3n) is 3.36. The number of hydrogen-bond acceptors (Lipinski definition) is 3. The highest BCUT2D eigenvalue weighted by atomic mass is 79.9. The Kier molecular flexibility index (Phi) is 6.40. The second-order valence-electron chi connectivity index (χ2n) is 5.09. The number of methoxy groups -OCH3 is 1. The lowest BCUT2D eigenvalue weighted by atomic mass is 10.2. The first-order valence-electron chi connectivity index (χ1n) is 7.27. The van der Waals surface area contributed by atoms with Gasteiger partial charge in [0, 0.05) is 43.9 Å². The second-order valence-corrected chi connectivity index (χ2v) is 6.01. The fourth-order valence-corrected chi connectivity index (χ4v) is 2.40. The molecule has 2 aromatic rings. The van der Waals surface area contributed by atoms with E-state index in [1.165, 1.54) is 5.56 Å². The lowest BCUT2D eigenvalue weighted by Crippen LogP contribution is -2.38. The zero-order valence-electron chi connectivity index (χ0n) is 13.6. The fourth-order valence-electron chi connectivity index (χ4n) is 2.14. The minimum absolute atomic E-state index is 0.616. The van der Waals surface area contributed by atoms with Gasteiger partial charge in [-0.1, -0.05) is 34.1 Å². The zero-order valence-corrected chi connectivity index (χ0v) is 15.2. The van der Waals surface area contributed by atoms with Crippen molar-refractivity contribution >= 4 is 21.9 Å². The van der Waals surface area contributed by atoms with Crippen LogP contribution in [0.1, 0.15) is 11.1 Å². The number of nitrogens with zero attached hydrogens (tertiary/aromatic N) is 3. The maximum atomic E-state index is 5.06. The van der Waals surface area contributed by atoms with Crippen LogP contribution in [0.3, 0.4) is 0 Å². The molecule has 0 fully saturated rings. The van der Waals surface area contributed by atoms with Gasteiger partial charge in [-0.3, -0.25) is 4.99 Å². The molecule has 0 spiro atoms. The molecule has 0 amide bonds. The SMILES string of the molecule is CN=C(NCc1ccc(OC)nc1)N(C)Cc1ccc(Br)cc1. The Labute approximate surface area is 145 Å². The van der Waals surface area contributed by atoms with Crippen LogP contribution in [0, 0.1) is 0 Å². The fraction of sp³-hybridized carbons (Fsp3) is 0.294. The summed E-state index contributed by atoms with van der Waals surface area (Å²) >= 11 is 3.45. The Balaban J connectivity index is 1.92. The van der Waals surface area contributed by atoms with Gasteiger partial charge in [0.05, 0.1) is 7.11 Å². The van der Waals surface area contributed by atoms with Gasteiger partial charge in [-0.15, -0.1) is 0 Å². The summed E-state index contributed by atoms with van der Waals surface area (Å²) in [6.07, 6.45) is 1.80. The standard InChI is InChI=1S/C17H21BrN4O/c1-19-17(21-11-14-6-9-16(23-3)20-10-14)22(2)12-13-4-7-15(18)8-5-13/h4-10H,11-12H2,1-3H3,(H,19,21). The Hall–Kier alpha value is -2.08. The third kappa shape index (κ3) is 5.25. The first-order valence-corrected chi connectivity index (χ1v) is 8.07. The first-order chi connectivity index (χ1) is 11.1. The molecule has 0 atom stereocenters. The quantitative estimate of drug-likeness (QED) is 0.643. The Bertz CT molecular complexity index is 641. The van der Waals surface area contributed by atoms with E-state index in [0.29, 0.717) is 12.4 Å². The van der Waals surface area contributed by atoms with Crippen LogP contribution in [-0.4, -0.2) is 37.0 Å². The number of ether oxygens (including phenoxy) is 1. The van der Waals surface area contributed by atoms with Crippen molar-refractivity contribution in [1.29, 1.82) is 0 Å². The normalized spacial score (nSPS) is 11.2. The molecule has 0 unspecified atom stereocenters. The van der Waals surface area contributed by atoms with Crippen molar-refractivity contribution < 1.29 is 4.74 Å². The van der Waals surface area contributed by atoms with E-state index in [2.05, 4.69) is 48.3 Å². The summed E-state index contributed by atoms with van der Waals surface area (Å²) in [5.74, 6) is 1.45. The van der Waals surface area contributed by atoms with E-state index in [0.717, 1.165) is 22.5 Å². The number of benzene rings is 1. The van der Waals surface area contributed by atoms with Crippen LogP contribution < -0.4 is 10.1 Å². The number of pyridine rings is 1. The number of aliphatic imine (C=N–C) groups is 1. The molecule has 1 N–H and O–H groups in total. The molecule has 1 aromatic heterocycles. The second kappa shape index (κ2) is 8.53. The molecular formula is C17H21BrN4O. The van der Waals surface area contributed by atoms with Gasteiger partial charge in [0.1, 0.15) is 0 Å². The summed E-state index contributed by atoms with van der Waals surface area (Å²) in [6.45, 7) is 1.45. The van der Waals surface area contributed by atoms with E-state index in [1.807, 2.05) is 31.3 Å². The van der Waals surface area contributed by atoms with Crippen LogP contribution in [0.15, 0.2) is 52.1 Å². The van der Waals surface area contributed by atoms with Crippen molar-refractivity contribution in [3.05, 3.63) is 58.2 Å². The molecule has 0 aliphatic heterocycles. The van der Waals surface area contributed by atoms with Crippen LogP contribution >= 0.6 is 15.9 Å². The molecule has 1 aromatic carbocycles. The van der Waals surface area contributed by atoms with Gasteiger partial charge in [-0.05, 0) is 23.3 Å². The van der Waals surface area contributed by atoms with Gasteiger partial charge in [-0.25, -0.2) is 4.98 Å². The van der Waals surface area contributed by atoms with Gasteiger partial charge < -0.3 is 15.0 Å². The molecule has 122 valence electrons. The summed E-state index contributed by atoms with van der Waals surface area (Å²) in [7, 11) is 5.41. The summed E-state index contributed by atoms with van der Waals surface area (Å²) < 4.78 is 6.14. The molecule has 0 saturated carbocycles. The molecule has 0 bridgehead atoms. The number of hydrogen-bond donors (Lipinski definition) is 1. The highest BCUT2D eigenvalue weighted by Crippen LogP contribution is 2.12. The van der Waals surface area contributed by atoms with Crippen molar-refractivity contribution in [3.63, 3.8) is 0 Å². The molecule has 6 heteroatoms. The number of halogens is 1. The minimum Gasteiger partial charge on any atom is -0.481 e. The van der Waals surface area contributed by atoms with Crippen LogP contribution in [0.25, 0.3) is 0 Å². The molecule has 0 aliphatic rings. The third-order valence-corrected chi connectivity index (χ3v) is 3.89. The lowest BCUT2D eigenvalue weighted by molar-refractivity contribution is 0.397. The maximum Gasteiger partial charge on any atom is 0.212 e. The van der Waals surface area contributed by atoms with Crippen molar-refractivity contribution in [2.75, 3.05) is 21.2 Å². The van der Waals surface area contributed by atoms with Gasteiger partial charge in [0.25, 0.3) is 0 Å². The Morgan fingerprint density at radius 1 is 1.22 bits per heavy atom. The predicted octanol–water partition coefficient (Wildman–Crippen LogP) is 3.06. The van der Waals surface area contributed by atoms with Crippen molar-refractivity contribution in [2.45, 2.75) is 13.1 Å². The van der Waals surface area contributed by atoms with Gasteiger partial charge in [0.2, 0.25) is 5.88 Å². The topological polar surface area (TPSA) is 49.8 Å². The average Bonchev–Trinajstić information content (AvgIpc) is 2.58. The molecule has 1 heterocycles. The van der Waals surface area contributed by atoms with E-state index in [9.17, 15) is 0 Å². The van der Waals surface area contributed by atoms with Crippen LogP contribution in [0.5, 0.6) is 5.88 Å². The molecular weight excluding hydrogens is 356 g/mol. The number of aromatic nitrogens is 1. The van der Waals surface area contributed by atoms with Crippen molar-refractivity contribution in [1.82, 2.24) is 15.2 Å². The lowest BCUT2D eigenvalue weighted by Gasteiger charge is -2.22. The van der Waals surface area contributed by atoms with E-state index in [4.69, 9.17) is 4.74 Å². The monoisotopic (exact) mass is 376 g/mol. The van der Waals surface area contributed by atoms with Gasteiger partial charge >= 0.3 is 0 Å².